The number of aromatic nitrogens is 2. The molecule has 0 aromatic carbocycles. The zero-order valence-corrected chi connectivity index (χ0v) is 10.8. The number of hydrogen-bond donors (Lipinski definition) is 0. The molecule has 2 nitrogen and oxygen atoms in total. The number of nitrogens with zero attached hydrogens (tertiary/aromatic N) is 2. The largest absolute Gasteiger partial charge is 0.330 e. The van der Waals surface area contributed by atoms with Gasteiger partial charge in [-0.25, -0.2) is 4.98 Å². The van der Waals surface area contributed by atoms with E-state index in [2.05, 4.69) is 27.4 Å². The van der Waals surface area contributed by atoms with Crippen molar-refractivity contribution in [2.45, 2.75) is 51.5 Å². The van der Waals surface area contributed by atoms with Crippen LogP contribution < -0.4 is 0 Å². The van der Waals surface area contributed by atoms with Crippen LogP contribution in [0.3, 0.4) is 0 Å². The first-order valence-electron chi connectivity index (χ1n) is 6.00. The first-order chi connectivity index (χ1) is 7.25. The van der Waals surface area contributed by atoms with E-state index >= 15 is 0 Å². The van der Waals surface area contributed by atoms with E-state index < -0.39 is 0 Å². The Morgan fingerprint density at radius 3 is 2.80 bits per heavy atom. The van der Waals surface area contributed by atoms with E-state index in [-0.39, 0.29) is 0 Å². The van der Waals surface area contributed by atoms with E-state index in [1.807, 2.05) is 0 Å². The minimum Gasteiger partial charge on any atom is -0.330 e. The van der Waals surface area contributed by atoms with Gasteiger partial charge in [0.25, 0.3) is 0 Å². The van der Waals surface area contributed by atoms with Crippen LogP contribution in [0.15, 0.2) is 4.60 Å². The third-order valence-corrected chi connectivity index (χ3v) is 4.53. The number of hydrogen-bond acceptors (Lipinski definition) is 1. The molecule has 1 aromatic rings. The topological polar surface area (TPSA) is 17.8 Å². The van der Waals surface area contributed by atoms with Gasteiger partial charge in [0.15, 0.2) is 0 Å². The van der Waals surface area contributed by atoms with Gasteiger partial charge in [0.2, 0.25) is 0 Å². The summed E-state index contributed by atoms with van der Waals surface area (Å²) >= 11 is 3.61. The van der Waals surface area contributed by atoms with Gasteiger partial charge in [-0.2, -0.15) is 0 Å². The van der Waals surface area contributed by atoms with Crippen LogP contribution in [0.5, 0.6) is 0 Å². The van der Waals surface area contributed by atoms with Crippen LogP contribution >= 0.6 is 15.9 Å². The zero-order chi connectivity index (χ0) is 10.4. The van der Waals surface area contributed by atoms with Gasteiger partial charge in [0.1, 0.15) is 10.4 Å². The van der Waals surface area contributed by atoms with Crippen molar-refractivity contribution >= 4 is 15.9 Å². The van der Waals surface area contributed by atoms with E-state index in [1.54, 1.807) is 0 Å². The highest BCUT2D eigenvalue weighted by Gasteiger charge is 2.29. The summed E-state index contributed by atoms with van der Waals surface area (Å²) in [6.45, 7) is 3.53. The molecule has 15 heavy (non-hydrogen) atoms. The second kappa shape index (κ2) is 3.62. The molecule has 1 aromatic heterocycles. The second-order valence-corrected chi connectivity index (χ2v) is 5.84. The summed E-state index contributed by atoms with van der Waals surface area (Å²) in [5.74, 6) is 2.92. The Hall–Kier alpha value is -0.310. The molecule has 2 heterocycles. The molecular weight excluding hydrogens is 252 g/mol. The average molecular weight is 269 g/mol. The van der Waals surface area contributed by atoms with Crippen LogP contribution in [0.25, 0.3) is 0 Å². The van der Waals surface area contributed by atoms with Gasteiger partial charge in [0.05, 0.1) is 5.69 Å². The quantitative estimate of drug-likeness (QED) is 0.763. The Morgan fingerprint density at radius 2 is 2.13 bits per heavy atom. The summed E-state index contributed by atoms with van der Waals surface area (Å²) in [6.07, 6.45) is 6.59. The molecule has 0 bridgehead atoms. The lowest BCUT2D eigenvalue weighted by Gasteiger charge is -2.29. The summed E-state index contributed by atoms with van der Waals surface area (Å²) in [7, 11) is 0. The molecule has 3 heteroatoms. The fourth-order valence-corrected chi connectivity index (χ4v) is 3.28. The SMILES string of the molecule is CC1CCc2c(Br)nc(C3CCC3)n2C1. The van der Waals surface area contributed by atoms with E-state index in [0.717, 1.165) is 16.4 Å². The smallest absolute Gasteiger partial charge is 0.127 e. The summed E-state index contributed by atoms with van der Waals surface area (Å²) in [4.78, 5) is 4.73. The first-order valence-corrected chi connectivity index (χ1v) is 6.80. The Bertz CT molecular complexity index is 379. The summed E-state index contributed by atoms with van der Waals surface area (Å²) in [5.41, 5.74) is 1.44. The number of halogens is 1. The van der Waals surface area contributed by atoms with Gasteiger partial charge >= 0.3 is 0 Å². The Labute approximate surface area is 99.2 Å². The lowest BCUT2D eigenvalue weighted by atomic mass is 9.84. The van der Waals surface area contributed by atoms with E-state index in [9.17, 15) is 0 Å². The molecular formula is C12H17BrN2. The van der Waals surface area contributed by atoms with Crippen LogP contribution in [0.2, 0.25) is 0 Å². The Balaban J connectivity index is 2.00. The average Bonchev–Trinajstić information content (AvgIpc) is 2.41. The molecule has 0 spiro atoms. The third kappa shape index (κ3) is 1.55. The standard InChI is InChI=1S/C12H17BrN2/c1-8-5-6-10-11(13)14-12(15(10)7-8)9-3-2-4-9/h8-9H,2-7H2,1H3. The number of fused-ring (bicyclic) bond motifs is 1. The fraction of sp³-hybridized carbons (Fsp3) is 0.750. The first kappa shape index (κ1) is 9.88. The van der Waals surface area contributed by atoms with Crippen molar-refractivity contribution in [2.24, 2.45) is 5.92 Å². The van der Waals surface area contributed by atoms with E-state index in [1.165, 1.54) is 50.2 Å². The summed E-state index contributed by atoms with van der Waals surface area (Å²) in [5, 5.41) is 0. The molecule has 2 aliphatic rings. The van der Waals surface area contributed by atoms with Crippen LogP contribution in [-0.2, 0) is 13.0 Å². The maximum absolute atomic E-state index is 4.73. The summed E-state index contributed by atoms with van der Waals surface area (Å²) in [6, 6.07) is 0. The Kier molecular flexibility index (Phi) is 2.38. The molecule has 1 aliphatic carbocycles. The van der Waals surface area contributed by atoms with Crippen LogP contribution in [0.4, 0.5) is 0 Å². The van der Waals surface area contributed by atoms with Gasteiger partial charge in [-0.1, -0.05) is 13.3 Å². The normalized spacial score (nSPS) is 26.1. The van der Waals surface area contributed by atoms with Crippen LogP contribution in [0, 0.1) is 5.92 Å². The van der Waals surface area contributed by atoms with Gasteiger partial charge in [-0.3, -0.25) is 0 Å². The monoisotopic (exact) mass is 268 g/mol. The molecule has 1 aliphatic heterocycles. The zero-order valence-electron chi connectivity index (χ0n) is 9.17. The molecule has 1 saturated carbocycles. The van der Waals surface area contributed by atoms with E-state index in [0.29, 0.717) is 0 Å². The minimum atomic E-state index is 0.750. The molecule has 82 valence electrons. The van der Waals surface area contributed by atoms with Gasteiger partial charge in [-0.15, -0.1) is 0 Å². The van der Waals surface area contributed by atoms with Crippen molar-refractivity contribution in [3.8, 4) is 0 Å². The highest BCUT2D eigenvalue weighted by Crippen LogP contribution is 2.39. The lowest BCUT2D eigenvalue weighted by molar-refractivity contribution is 0.344. The van der Waals surface area contributed by atoms with Gasteiger partial charge in [0, 0.05) is 12.5 Å². The molecule has 3 rings (SSSR count). The van der Waals surface area contributed by atoms with Crippen LogP contribution in [0.1, 0.15) is 50.0 Å². The third-order valence-electron chi connectivity index (χ3n) is 3.89. The minimum absolute atomic E-state index is 0.750. The summed E-state index contributed by atoms with van der Waals surface area (Å²) < 4.78 is 3.60. The predicted octanol–water partition coefficient (Wildman–Crippen LogP) is 3.50. The molecule has 0 amide bonds. The molecule has 0 N–H and O–H groups in total. The predicted molar refractivity (Wildman–Crippen MR) is 64.0 cm³/mol. The van der Waals surface area contributed by atoms with Gasteiger partial charge in [-0.05, 0) is 47.5 Å². The van der Waals surface area contributed by atoms with Crippen molar-refractivity contribution in [3.63, 3.8) is 0 Å². The van der Waals surface area contributed by atoms with Crippen molar-refractivity contribution in [2.75, 3.05) is 0 Å². The second-order valence-electron chi connectivity index (χ2n) is 5.09. The maximum atomic E-state index is 4.73. The van der Waals surface area contributed by atoms with Crippen molar-refractivity contribution in [1.82, 2.24) is 9.55 Å². The highest BCUT2D eigenvalue weighted by atomic mass is 79.9. The maximum Gasteiger partial charge on any atom is 0.127 e. The highest BCUT2D eigenvalue weighted by molar-refractivity contribution is 9.10. The van der Waals surface area contributed by atoms with Gasteiger partial charge < -0.3 is 4.57 Å². The van der Waals surface area contributed by atoms with E-state index in [4.69, 9.17) is 4.98 Å². The lowest BCUT2D eigenvalue weighted by Crippen LogP contribution is -2.23. The molecule has 1 atom stereocenters. The Morgan fingerprint density at radius 1 is 1.33 bits per heavy atom. The van der Waals surface area contributed by atoms with Crippen LogP contribution in [-0.4, -0.2) is 9.55 Å². The molecule has 0 radical (unpaired) electrons. The molecule has 1 fully saturated rings. The molecule has 0 saturated heterocycles. The fourth-order valence-electron chi connectivity index (χ4n) is 2.68. The molecule has 1 unspecified atom stereocenters. The van der Waals surface area contributed by atoms with Crippen molar-refractivity contribution in [1.29, 1.82) is 0 Å². The number of rotatable bonds is 1. The van der Waals surface area contributed by atoms with Crippen molar-refractivity contribution < 1.29 is 0 Å². The number of imidazole rings is 1. The van der Waals surface area contributed by atoms with Crippen molar-refractivity contribution in [3.05, 3.63) is 16.1 Å².